The van der Waals surface area contributed by atoms with Crippen LogP contribution in [0.15, 0.2) is 55.1 Å². The summed E-state index contributed by atoms with van der Waals surface area (Å²) in [6.07, 6.45) is 1.58. The van der Waals surface area contributed by atoms with E-state index in [1.54, 1.807) is 48.5 Å². The summed E-state index contributed by atoms with van der Waals surface area (Å²) in [6, 6.07) is 11.2. The molecule has 138 valence electrons. The maximum atomic E-state index is 12.4. The van der Waals surface area contributed by atoms with E-state index in [1.807, 2.05) is 0 Å². The Balaban J connectivity index is 1.62. The number of hydrogen-bond acceptors (Lipinski definition) is 4. The molecule has 8 heteroatoms. The molecule has 27 heavy (non-hydrogen) atoms. The van der Waals surface area contributed by atoms with Crippen LogP contribution in [0.4, 0.5) is 21.9 Å². The molecule has 4 N–H and O–H groups in total. The zero-order valence-electron chi connectivity index (χ0n) is 14.4. The zero-order valence-corrected chi connectivity index (χ0v) is 14.4. The third-order valence-electron chi connectivity index (χ3n) is 3.68. The first-order valence-corrected chi connectivity index (χ1v) is 8.19. The van der Waals surface area contributed by atoms with Crippen LogP contribution in [0.1, 0.15) is 10.4 Å². The third kappa shape index (κ3) is 4.63. The van der Waals surface area contributed by atoms with E-state index in [-0.39, 0.29) is 24.5 Å². The van der Waals surface area contributed by atoms with Crippen molar-refractivity contribution in [2.45, 2.75) is 0 Å². The molecule has 0 radical (unpaired) electrons. The minimum absolute atomic E-state index is 0.0765. The second-order valence-electron chi connectivity index (χ2n) is 5.70. The Labute approximate surface area is 155 Å². The fourth-order valence-corrected chi connectivity index (χ4v) is 2.40. The Kier molecular flexibility index (Phi) is 5.36. The first kappa shape index (κ1) is 18.0. The van der Waals surface area contributed by atoms with Gasteiger partial charge >= 0.3 is 6.03 Å². The van der Waals surface area contributed by atoms with Gasteiger partial charge in [0.05, 0.1) is 5.69 Å². The summed E-state index contributed by atoms with van der Waals surface area (Å²) in [7, 11) is 0. The number of fused-ring (bicyclic) bond motifs is 1. The third-order valence-corrected chi connectivity index (χ3v) is 3.68. The largest absolute Gasteiger partial charge is 0.482 e. The van der Waals surface area contributed by atoms with Crippen molar-refractivity contribution in [3.05, 3.63) is 60.7 Å². The average Bonchev–Trinajstić information content (AvgIpc) is 2.67. The smallest absolute Gasteiger partial charge is 0.319 e. The van der Waals surface area contributed by atoms with Crippen LogP contribution in [-0.2, 0) is 4.79 Å². The lowest BCUT2D eigenvalue weighted by atomic mass is 10.1. The van der Waals surface area contributed by atoms with E-state index in [0.717, 1.165) is 0 Å². The minimum Gasteiger partial charge on any atom is -0.482 e. The van der Waals surface area contributed by atoms with Crippen molar-refractivity contribution in [3.63, 3.8) is 0 Å². The molecule has 1 aliphatic rings. The topological polar surface area (TPSA) is 109 Å². The molecule has 0 atom stereocenters. The van der Waals surface area contributed by atoms with E-state index < -0.39 is 0 Å². The van der Waals surface area contributed by atoms with Gasteiger partial charge in [0.15, 0.2) is 6.61 Å². The highest BCUT2D eigenvalue weighted by atomic mass is 16.5. The van der Waals surface area contributed by atoms with Gasteiger partial charge in [-0.25, -0.2) is 4.79 Å². The summed E-state index contributed by atoms with van der Waals surface area (Å²) < 4.78 is 5.31. The lowest BCUT2D eigenvalue weighted by molar-refractivity contribution is -0.118. The molecule has 0 fully saturated rings. The minimum atomic E-state index is -0.340. The molecule has 1 aliphatic heterocycles. The molecule has 0 bridgehead atoms. The van der Waals surface area contributed by atoms with Crippen molar-refractivity contribution in [3.8, 4) is 5.75 Å². The average molecular weight is 366 g/mol. The van der Waals surface area contributed by atoms with Gasteiger partial charge in [-0.15, -0.1) is 6.58 Å². The van der Waals surface area contributed by atoms with Crippen LogP contribution in [0.2, 0.25) is 0 Å². The van der Waals surface area contributed by atoms with Crippen molar-refractivity contribution in [1.29, 1.82) is 0 Å². The molecular weight excluding hydrogens is 348 g/mol. The molecule has 3 rings (SSSR count). The van der Waals surface area contributed by atoms with Gasteiger partial charge in [-0.1, -0.05) is 6.08 Å². The predicted octanol–water partition coefficient (Wildman–Crippen LogP) is 2.58. The summed E-state index contributed by atoms with van der Waals surface area (Å²) in [5.41, 5.74) is 2.10. The Morgan fingerprint density at radius 1 is 1.11 bits per heavy atom. The molecule has 2 aromatic rings. The van der Waals surface area contributed by atoms with Crippen molar-refractivity contribution < 1.29 is 19.1 Å². The molecule has 0 unspecified atom stereocenters. The van der Waals surface area contributed by atoms with Gasteiger partial charge in [-0.05, 0) is 42.5 Å². The number of carbonyl (C=O) groups excluding carboxylic acids is 3. The van der Waals surface area contributed by atoms with Crippen LogP contribution >= 0.6 is 0 Å². The molecule has 1 heterocycles. The van der Waals surface area contributed by atoms with Crippen LogP contribution in [-0.4, -0.2) is 31.0 Å². The zero-order chi connectivity index (χ0) is 19.2. The number of amides is 4. The highest BCUT2D eigenvalue weighted by molar-refractivity contribution is 6.05. The first-order chi connectivity index (χ1) is 13.0. The maximum absolute atomic E-state index is 12.4. The Morgan fingerprint density at radius 2 is 1.81 bits per heavy atom. The van der Waals surface area contributed by atoms with Gasteiger partial charge in [0, 0.05) is 23.5 Å². The van der Waals surface area contributed by atoms with Crippen molar-refractivity contribution in [1.82, 2.24) is 5.32 Å². The van der Waals surface area contributed by atoms with Crippen molar-refractivity contribution in [2.75, 3.05) is 29.1 Å². The number of benzene rings is 2. The Hall–Kier alpha value is -3.81. The second-order valence-corrected chi connectivity index (χ2v) is 5.70. The fraction of sp³-hybridized carbons (Fsp3) is 0.105. The molecule has 0 aromatic heterocycles. The van der Waals surface area contributed by atoms with Gasteiger partial charge in [0.25, 0.3) is 11.8 Å². The summed E-state index contributed by atoms with van der Waals surface area (Å²) in [6.45, 7) is 3.81. The number of nitrogens with one attached hydrogen (secondary N) is 4. The lowest BCUT2D eigenvalue weighted by Gasteiger charge is -2.18. The standard InChI is InChI=1S/C19H18N4O4/c1-2-9-20-19(26)22-14-6-4-13(5-7-14)21-18(25)12-3-8-15-16(10-12)27-11-17(24)23-15/h2-8,10H,1,9,11H2,(H,21,25)(H,23,24)(H2,20,22,26). The number of hydrogen-bond donors (Lipinski definition) is 4. The Bertz CT molecular complexity index is 893. The van der Waals surface area contributed by atoms with Crippen LogP contribution in [0.25, 0.3) is 0 Å². The summed E-state index contributed by atoms with van der Waals surface area (Å²) >= 11 is 0. The quantitative estimate of drug-likeness (QED) is 0.610. The number of carbonyl (C=O) groups is 3. The highest BCUT2D eigenvalue weighted by Gasteiger charge is 2.17. The normalized spacial score (nSPS) is 12.1. The van der Waals surface area contributed by atoms with Crippen LogP contribution in [0, 0.1) is 0 Å². The fourth-order valence-electron chi connectivity index (χ4n) is 2.40. The summed E-state index contributed by atoms with van der Waals surface area (Å²) in [5.74, 6) is -0.0957. The molecule has 0 spiro atoms. The van der Waals surface area contributed by atoms with Crippen LogP contribution < -0.4 is 26.0 Å². The van der Waals surface area contributed by atoms with Crippen molar-refractivity contribution >= 4 is 34.9 Å². The van der Waals surface area contributed by atoms with E-state index in [0.29, 0.717) is 34.9 Å². The van der Waals surface area contributed by atoms with E-state index >= 15 is 0 Å². The predicted molar refractivity (Wildman–Crippen MR) is 102 cm³/mol. The number of ether oxygens (including phenoxy) is 1. The maximum Gasteiger partial charge on any atom is 0.319 e. The van der Waals surface area contributed by atoms with Gasteiger partial charge in [-0.3, -0.25) is 9.59 Å². The highest BCUT2D eigenvalue weighted by Crippen LogP contribution is 2.28. The second kappa shape index (κ2) is 8.05. The molecular formula is C19H18N4O4. The Morgan fingerprint density at radius 3 is 2.52 bits per heavy atom. The molecule has 0 aliphatic carbocycles. The van der Waals surface area contributed by atoms with Crippen LogP contribution in [0.3, 0.4) is 0 Å². The summed E-state index contributed by atoms with van der Waals surface area (Å²) in [5, 5.41) is 10.7. The number of rotatable bonds is 5. The molecule has 0 saturated carbocycles. The SMILES string of the molecule is C=CCNC(=O)Nc1ccc(NC(=O)c2ccc3c(c2)OCC(=O)N3)cc1. The van der Waals surface area contributed by atoms with E-state index in [9.17, 15) is 14.4 Å². The van der Waals surface area contributed by atoms with E-state index in [2.05, 4.69) is 27.8 Å². The van der Waals surface area contributed by atoms with E-state index in [4.69, 9.17) is 4.74 Å². The molecule has 2 aromatic carbocycles. The van der Waals surface area contributed by atoms with Gasteiger partial charge < -0.3 is 26.0 Å². The van der Waals surface area contributed by atoms with Gasteiger partial charge in [0.2, 0.25) is 0 Å². The van der Waals surface area contributed by atoms with Gasteiger partial charge in [0.1, 0.15) is 5.75 Å². The van der Waals surface area contributed by atoms with Gasteiger partial charge in [-0.2, -0.15) is 0 Å². The van der Waals surface area contributed by atoms with Crippen LogP contribution in [0.5, 0.6) is 5.75 Å². The van der Waals surface area contributed by atoms with Crippen molar-refractivity contribution in [2.24, 2.45) is 0 Å². The van der Waals surface area contributed by atoms with E-state index in [1.165, 1.54) is 0 Å². The number of anilines is 3. The lowest BCUT2D eigenvalue weighted by Crippen LogP contribution is -2.28. The first-order valence-electron chi connectivity index (χ1n) is 8.19. The summed E-state index contributed by atoms with van der Waals surface area (Å²) in [4.78, 5) is 35.3. The number of urea groups is 1. The molecule has 0 saturated heterocycles. The monoisotopic (exact) mass is 366 g/mol. The molecule has 4 amide bonds. The molecule has 8 nitrogen and oxygen atoms in total.